The highest BCUT2D eigenvalue weighted by atomic mass is 32.2. The quantitative estimate of drug-likeness (QED) is 0.844. The van der Waals surface area contributed by atoms with E-state index in [1.165, 1.54) is 64.5 Å². The molecule has 0 radical (unpaired) electrons. The second-order valence-electron chi connectivity index (χ2n) is 6.45. The van der Waals surface area contributed by atoms with Crippen LogP contribution in [0.3, 0.4) is 0 Å². The molecule has 3 rings (SSSR count). The molecule has 1 N–H and O–H groups in total. The van der Waals surface area contributed by atoms with Crippen molar-refractivity contribution in [2.24, 2.45) is 0 Å². The van der Waals surface area contributed by atoms with Gasteiger partial charge in [-0.05, 0) is 57.7 Å². The summed E-state index contributed by atoms with van der Waals surface area (Å²) in [5.41, 5.74) is 0. The van der Waals surface area contributed by atoms with Crippen molar-refractivity contribution in [1.29, 1.82) is 0 Å². The van der Waals surface area contributed by atoms with E-state index in [0.717, 1.165) is 23.4 Å². The zero-order valence-corrected chi connectivity index (χ0v) is 12.6. The number of thioether (sulfide) groups is 1. The molecule has 3 aliphatic rings. The molecule has 1 saturated heterocycles. The van der Waals surface area contributed by atoms with E-state index in [0.29, 0.717) is 0 Å². The molecule has 104 valence electrons. The Labute approximate surface area is 116 Å². The molecule has 3 unspecified atom stereocenters. The maximum Gasteiger partial charge on any atom is 0.0198 e. The third-order valence-corrected chi connectivity index (χ3v) is 6.04. The fourth-order valence-corrected chi connectivity index (χ4v) is 4.54. The van der Waals surface area contributed by atoms with Gasteiger partial charge in [0.15, 0.2) is 0 Å². The number of nitrogens with zero attached hydrogens (tertiary/aromatic N) is 1. The molecule has 1 heterocycles. The number of piperidine rings is 1. The standard InChI is InChI=1S/C15H28N2S/c1-18-15-6-2-5-14(10-15)17-9-3-4-13(11-17)16-12-7-8-12/h12-16H,2-11H2,1H3. The van der Waals surface area contributed by atoms with Gasteiger partial charge in [0.25, 0.3) is 0 Å². The second-order valence-corrected chi connectivity index (χ2v) is 7.59. The van der Waals surface area contributed by atoms with Gasteiger partial charge in [0.05, 0.1) is 0 Å². The Morgan fingerprint density at radius 3 is 2.67 bits per heavy atom. The summed E-state index contributed by atoms with van der Waals surface area (Å²) in [4.78, 5) is 2.81. The molecule has 0 aromatic carbocycles. The fraction of sp³-hybridized carbons (Fsp3) is 1.00. The van der Waals surface area contributed by atoms with E-state index < -0.39 is 0 Å². The van der Waals surface area contributed by atoms with Crippen molar-refractivity contribution in [3.05, 3.63) is 0 Å². The number of hydrogen-bond acceptors (Lipinski definition) is 3. The fourth-order valence-electron chi connectivity index (χ4n) is 3.72. The molecule has 3 atom stereocenters. The molecular weight excluding hydrogens is 240 g/mol. The lowest BCUT2D eigenvalue weighted by atomic mass is 9.91. The molecule has 3 heteroatoms. The van der Waals surface area contributed by atoms with Gasteiger partial charge in [-0.2, -0.15) is 11.8 Å². The molecule has 0 aromatic heterocycles. The lowest BCUT2D eigenvalue weighted by molar-refractivity contribution is 0.111. The smallest absolute Gasteiger partial charge is 0.0198 e. The van der Waals surface area contributed by atoms with Crippen LogP contribution in [0.4, 0.5) is 0 Å². The Hall–Kier alpha value is 0.270. The minimum Gasteiger partial charge on any atom is -0.310 e. The largest absolute Gasteiger partial charge is 0.310 e. The summed E-state index contributed by atoms with van der Waals surface area (Å²) >= 11 is 2.09. The first-order valence-electron chi connectivity index (χ1n) is 7.88. The molecular formula is C15H28N2S. The van der Waals surface area contributed by atoms with E-state index in [2.05, 4.69) is 28.2 Å². The second kappa shape index (κ2) is 6.15. The van der Waals surface area contributed by atoms with Crippen LogP contribution in [-0.4, -0.2) is 47.6 Å². The first kappa shape index (κ1) is 13.3. The van der Waals surface area contributed by atoms with Gasteiger partial charge in [-0.25, -0.2) is 0 Å². The van der Waals surface area contributed by atoms with Crippen LogP contribution in [0, 0.1) is 0 Å². The van der Waals surface area contributed by atoms with Gasteiger partial charge in [0.1, 0.15) is 0 Å². The van der Waals surface area contributed by atoms with Crippen LogP contribution >= 0.6 is 11.8 Å². The average molecular weight is 268 g/mol. The maximum atomic E-state index is 3.84. The third-order valence-electron chi connectivity index (χ3n) is 4.95. The van der Waals surface area contributed by atoms with Gasteiger partial charge >= 0.3 is 0 Å². The summed E-state index contributed by atoms with van der Waals surface area (Å²) in [6, 6.07) is 2.56. The summed E-state index contributed by atoms with van der Waals surface area (Å²) < 4.78 is 0. The summed E-state index contributed by atoms with van der Waals surface area (Å²) in [5.74, 6) is 0. The van der Waals surface area contributed by atoms with Crippen LogP contribution in [0.1, 0.15) is 51.4 Å². The predicted molar refractivity (Wildman–Crippen MR) is 80.3 cm³/mol. The molecule has 0 aromatic rings. The lowest BCUT2D eigenvalue weighted by Gasteiger charge is -2.42. The molecule has 0 amide bonds. The minimum absolute atomic E-state index is 0.793. The van der Waals surface area contributed by atoms with Gasteiger partial charge < -0.3 is 5.32 Å². The normalized spacial score (nSPS) is 38.8. The molecule has 3 fully saturated rings. The lowest BCUT2D eigenvalue weighted by Crippen LogP contribution is -2.51. The zero-order valence-electron chi connectivity index (χ0n) is 11.7. The topological polar surface area (TPSA) is 15.3 Å². The predicted octanol–water partition coefficient (Wildman–Crippen LogP) is 2.88. The average Bonchev–Trinajstić information content (AvgIpc) is 3.23. The van der Waals surface area contributed by atoms with Crippen LogP contribution in [0.25, 0.3) is 0 Å². The number of likely N-dealkylation sites (tertiary alicyclic amines) is 1. The zero-order chi connectivity index (χ0) is 12.4. The number of nitrogens with one attached hydrogen (secondary N) is 1. The molecule has 2 aliphatic carbocycles. The number of rotatable bonds is 4. The highest BCUT2D eigenvalue weighted by molar-refractivity contribution is 7.99. The molecule has 0 bridgehead atoms. The van der Waals surface area contributed by atoms with Gasteiger partial charge in [0.2, 0.25) is 0 Å². The Morgan fingerprint density at radius 2 is 1.89 bits per heavy atom. The van der Waals surface area contributed by atoms with E-state index >= 15 is 0 Å². The molecule has 1 aliphatic heterocycles. The molecule has 2 nitrogen and oxygen atoms in total. The maximum absolute atomic E-state index is 3.84. The van der Waals surface area contributed by atoms with Crippen molar-refractivity contribution >= 4 is 11.8 Å². The van der Waals surface area contributed by atoms with Crippen molar-refractivity contribution in [3.63, 3.8) is 0 Å². The Morgan fingerprint density at radius 1 is 1.00 bits per heavy atom. The number of hydrogen-bond donors (Lipinski definition) is 1. The first-order valence-corrected chi connectivity index (χ1v) is 9.17. The van der Waals surface area contributed by atoms with Crippen molar-refractivity contribution in [3.8, 4) is 0 Å². The van der Waals surface area contributed by atoms with Crippen LogP contribution in [0.5, 0.6) is 0 Å². The van der Waals surface area contributed by atoms with E-state index in [4.69, 9.17) is 0 Å². The van der Waals surface area contributed by atoms with Crippen LogP contribution in [0.2, 0.25) is 0 Å². The van der Waals surface area contributed by atoms with Gasteiger partial charge in [-0.3, -0.25) is 4.90 Å². The van der Waals surface area contributed by atoms with E-state index in [1.807, 2.05) is 0 Å². The van der Waals surface area contributed by atoms with Gasteiger partial charge in [-0.1, -0.05) is 6.42 Å². The summed E-state index contributed by atoms with van der Waals surface area (Å²) in [7, 11) is 0. The minimum atomic E-state index is 0.793. The van der Waals surface area contributed by atoms with Crippen molar-refractivity contribution < 1.29 is 0 Å². The Kier molecular flexibility index (Phi) is 4.53. The molecule has 2 saturated carbocycles. The highest BCUT2D eigenvalue weighted by Gasteiger charge is 2.32. The van der Waals surface area contributed by atoms with E-state index in [1.54, 1.807) is 0 Å². The van der Waals surface area contributed by atoms with E-state index in [9.17, 15) is 0 Å². The SMILES string of the molecule is CSC1CCCC(N2CCCC(NC3CC3)C2)C1. The monoisotopic (exact) mass is 268 g/mol. The van der Waals surface area contributed by atoms with Crippen LogP contribution in [0.15, 0.2) is 0 Å². The summed E-state index contributed by atoms with van der Waals surface area (Å²) in [6.07, 6.45) is 13.8. The third kappa shape index (κ3) is 3.43. The summed E-state index contributed by atoms with van der Waals surface area (Å²) in [6.45, 7) is 2.68. The van der Waals surface area contributed by atoms with Gasteiger partial charge in [-0.15, -0.1) is 0 Å². The Balaban J connectivity index is 1.50. The van der Waals surface area contributed by atoms with Gasteiger partial charge in [0, 0.05) is 29.9 Å². The summed E-state index contributed by atoms with van der Waals surface area (Å²) in [5, 5.41) is 4.77. The first-order chi connectivity index (χ1) is 8.85. The molecule has 0 spiro atoms. The van der Waals surface area contributed by atoms with Crippen LogP contribution in [-0.2, 0) is 0 Å². The molecule has 18 heavy (non-hydrogen) atoms. The van der Waals surface area contributed by atoms with Crippen molar-refractivity contribution in [2.45, 2.75) is 74.7 Å². The highest BCUT2D eigenvalue weighted by Crippen LogP contribution is 2.31. The van der Waals surface area contributed by atoms with Crippen LogP contribution < -0.4 is 5.32 Å². The van der Waals surface area contributed by atoms with E-state index in [-0.39, 0.29) is 0 Å². The Bertz CT molecular complexity index is 267. The van der Waals surface area contributed by atoms with Crippen molar-refractivity contribution in [1.82, 2.24) is 10.2 Å². The van der Waals surface area contributed by atoms with Crippen molar-refractivity contribution in [2.75, 3.05) is 19.3 Å².